The van der Waals surface area contributed by atoms with E-state index < -0.39 is 0 Å². The summed E-state index contributed by atoms with van der Waals surface area (Å²) in [5.41, 5.74) is 1.03. The highest BCUT2D eigenvalue weighted by atomic mass is 32.1. The number of thiophene rings is 1. The third kappa shape index (κ3) is 5.75. The minimum Gasteiger partial charge on any atom is -0.497 e. The molecule has 0 bridgehead atoms. The Labute approximate surface area is 159 Å². The topological polar surface area (TPSA) is 53.6 Å². The van der Waals surface area contributed by atoms with Gasteiger partial charge in [0.1, 0.15) is 5.75 Å². The molecule has 5 nitrogen and oxygen atoms in total. The molecule has 0 atom stereocenters. The second-order valence-corrected chi connectivity index (χ2v) is 7.75. The standard InChI is InChI=1S/C20H27N3O2S/c1-25-18-5-2-4-17(12-18)14-22-20(24)21-13-16-7-9-23(10-8-16)15-19-6-3-11-26-19/h2-6,11-12,16H,7-10,13-15H2,1H3,(H2,21,22,24). The van der Waals surface area contributed by atoms with Crippen molar-refractivity contribution in [2.24, 2.45) is 5.92 Å². The molecule has 0 spiro atoms. The zero-order valence-electron chi connectivity index (χ0n) is 15.2. The number of nitrogens with zero attached hydrogens (tertiary/aromatic N) is 1. The van der Waals surface area contributed by atoms with E-state index in [1.165, 1.54) is 4.88 Å². The van der Waals surface area contributed by atoms with Gasteiger partial charge in [0.05, 0.1) is 7.11 Å². The van der Waals surface area contributed by atoms with Gasteiger partial charge in [-0.3, -0.25) is 4.90 Å². The molecule has 3 rings (SSSR count). The summed E-state index contributed by atoms with van der Waals surface area (Å²) in [5.74, 6) is 1.37. The van der Waals surface area contributed by atoms with Gasteiger partial charge >= 0.3 is 6.03 Å². The number of methoxy groups -OCH3 is 1. The van der Waals surface area contributed by atoms with Crippen molar-refractivity contribution in [3.05, 3.63) is 52.2 Å². The quantitative estimate of drug-likeness (QED) is 0.781. The van der Waals surface area contributed by atoms with Crippen molar-refractivity contribution in [1.29, 1.82) is 0 Å². The van der Waals surface area contributed by atoms with Gasteiger partial charge in [0, 0.05) is 24.5 Å². The number of carbonyl (C=O) groups excluding carboxylic acids is 1. The van der Waals surface area contributed by atoms with E-state index >= 15 is 0 Å². The first-order valence-corrected chi connectivity index (χ1v) is 10.0. The molecule has 1 fully saturated rings. The maximum atomic E-state index is 12.0. The van der Waals surface area contributed by atoms with Crippen molar-refractivity contribution >= 4 is 17.4 Å². The van der Waals surface area contributed by atoms with Gasteiger partial charge in [0.15, 0.2) is 0 Å². The number of piperidine rings is 1. The van der Waals surface area contributed by atoms with Crippen molar-refractivity contribution < 1.29 is 9.53 Å². The molecule has 1 aromatic carbocycles. The molecule has 1 aliphatic heterocycles. The normalized spacial score (nSPS) is 15.6. The van der Waals surface area contributed by atoms with E-state index in [4.69, 9.17) is 4.74 Å². The first-order valence-electron chi connectivity index (χ1n) is 9.12. The summed E-state index contributed by atoms with van der Waals surface area (Å²) < 4.78 is 5.20. The van der Waals surface area contributed by atoms with E-state index in [0.717, 1.165) is 50.3 Å². The number of benzene rings is 1. The SMILES string of the molecule is COc1cccc(CNC(=O)NCC2CCN(Cc3cccs3)CC2)c1. The van der Waals surface area contributed by atoms with Gasteiger partial charge < -0.3 is 15.4 Å². The molecule has 2 aromatic rings. The Morgan fingerprint density at radius 3 is 2.81 bits per heavy atom. The minimum atomic E-state index is -0.103. The number of ether oxygens (including phenoxy) is 1. The third-order valence-electron chi connectivity index (χ3n) is 4.81. The van der Waals surface area contributed by atoms with E-state index in [9.17, 15) is 4.79 Å². The molecule has 2 N–H and O–H groups in total. The minimum absolute atomic E-state index is 0.103. The summed E-state index contributed by atoms with van der Waals surface area (Å²) in [6, 6.07) is 11.9. The molecule has 1 aromatic heterocycles. The van der Waals surface area contributed by atoms with Crippen LogP contribution in [0.1, 0.15) is 23.3 Å². The van der Waals surface area contributed by atoms with Crippen LogP contribution in [0.4, 0.5) is 4.79 Å². The van der Waals surface area contributed by atoms with Crippen LogP contribution in [0.5, 0.6) is 5.75 Å². The average Bonchev–Trinajstić information content (AvgIpc) is 3.19. The van der Waals surface area contributed by atoms with E-state index in [1.54, 1.807) is 7.11 Å². The lowest BCUT2D eigenvalue weighted by Crippen LogP contribution is -2.41. The molecule has 6 heteroatoms. The van der Waals surface area contributed by atoms with Gasteiger partial charge in [-0.1, -0.05) is 18.2 Å². The van der Waals surface area contributed by atoms with E-state index in [2.05, 4.69) is 33.0 Å². The molecule has 2 amide bonds. The maximum Gasteiger partial charge on any atom is 0.315 e. The Morgan fingerprint density at radius 2 is 2.08 bits per heavy atom. The number of likely N-dealkylation sites (tertiary alicyclic amines) is 1. The van der Waals surface area contributed by atoms with Crippen LogP contribution >= 0.6 is 11.3 Å². The van der Waals surface area contributed by atoms with Gasteiger partial charge in [-0.25, -0.2) is 4.79 Å². The predicted molar refractivity (Wildman–Crippen MR) is 106 cm³/mol. The number of hydrogen-bond acceptors (Lipinski definition) is 4. The molecule has 0 unspecified atom stereocenters. The molecule has 26 heavy (non-hydrogen) atoms. The molecule has 1 aliphatic rings. The van der Waals surface area contributed by atoms with Gasteiger partial charge in [-0.05, 0) is 61.0 Å². The number of rotatable bonds is 7. The second-order valence-electron chi connectivity index (χ2n) is 6.71. The van der Waals surface area contributed by atoms with Crippen molar-refractivity contribution in [3.63, 3.8) is 0 Å². The molecular formula is C20H27N3O2S. The highest BCUT2D eigenvalue weighted by Gasteiger charge is 2.19. The Hall–Kier alpha value is -2.05. The van der Waals surface area contributed by atoms with Gasteiger partial charge in [0.25, 0.3) is 0 Å². The monoisotopic (exact) mass is 373 g/mol. The lowest BCUT2D eigenvalue weighted by atomic mass is 9.97. The number of hydrogen-bond donors (Lipinski definition) is 2. The fourth-order valence-electron chi connectivity index (χ4n) is 3.24. The van der Waals surface area contributed by atoms with Crippen molar-refractivity contribution in [2.75, 3.05) is 26.7 Å². The van der Waals surface area contributed by atoms with Crippen LogP contribution < -0.4 is 15.4 Å². The lowest BCUT2D eigenvalue weighted by Gasteiger charge is -2.31. The molecule has 0 radical (unpaired) electrons. The van der Waals surface area contributed by atoms with Gasteiger partial charge in [-0.15, -0.1) is 11.3 Å². The summed E-state index contributed by atoms with van der Waals surface area (Å²) in [7, 11) is 1.64. The van der Waals surface area contributed by atoms with Gasteiger partial charge in [-0.2, -0.15) is 0 Å². The zero-order chi connectivity index (χ0) is 18.2. The number of urea groups is 1. The highest BCUT2D eigenvalue weighted by Crippen LogP contribution is 2.20. The molecule has 2 heterocycles. The fraction of sp³-hybridized carbons (Fsp3) is 0.450. The van der Waals surface area contributed by atoms with Crippen molar-refractivity contribution in [1.82, 2.24) is 15.5 Å². The molecule has 0 saturated carbocycles. The molecule has 1 saturated heterocycles. The number of carbonyl (C=O) groups is 1. The Kier molecular flexibility index (Phi) is 6.91. The Bertz CT molecular complexity index is 682. The average molecular weight is 374 g/mol. The summed E-state index contributed by atoms with van der Waals surface area (Å²) in [6.45, 7) is 4.52. The lowest BCUT2D eigenvalue weighted by molar-refractivity contribution is 0.176. The summed E-state index contributed by atoms with van der Waals surface area (Å²) >= 11 is 1.82. The second kappa shape index (κ2) is 9.59. The van der Waals surface area contributed by atoms with E-state index in [1.807, 2.05) is 35.6 Å². The first-order chi connectivity index (χ1) is 12.7. The van der Waals surface area contributed by atoms with Crippen LogP contribution in [0.25, 0.3) is 0 Å². The first kappa shape index (κ1) is 18.7. The fourth-order valence-corrected chi connectivity index (χ4v) is 3.98. The largest absolute Gasteiger partial charge is 0.497 e. The van der Waals surface area contributed by atoms with Crippen molar-refractivity contribution in [3.8, 4) is 5.75 Å². The van der Waals surface area contributed by atoms with Crippen LogP contribution in [-0.2, 0) is 13.1 Å². The summed E-state index contributed by atoms with van der Waals surface area (Å²) in [6.07, 6.45) is 2.28. The highest BCUT2D eigenvalue weighted by molar-refractivity contribution is 7.09. The van der Waals surface area contributed by atoms with Crippen LogP contribution in [-0.4, -0.2) is 37.7 Å². The van der Waals surface area contributed by atoms with Crippen LogP contribution in [0, 0.1) is 5.92 Å². The summed E-state index contributed by atoms with van der Waals surface area (Å²) in [5, 5.41) is 8.06. The third-order valence-corrected chi connectivity index (χ3v) is 5.67. The smallest absolute Gasteiger partial charge is 0.315 e. The molecule has 140 valence electrons. The van der Waals surface area contributed by atoms with Gasteiger partial charge in [0.2, 0.25) is 0 Å². The van der Waals surface area contributed by atoms with Crippen LogP contribution in [0.3, 0.4) is 0 Å². The summed E-state index contributed by atoms with van der Waals surface area (Å²) in [4.78, 5) is 16.0. The number of nitrogens with one attached hydrogen (secondary N) is 2. The zero-order valence-corrected chi connectivity index (χ0v) is 16.1. The van der Waals surface area contributed by atoms with Crippen LogP contribution in [0.15, 0.2) is 41.8 Å². The Morgan fingerprint density at radius 1 is 1.23 bits per heavy atom. The number of amides is 2. The Balaban J connectivity index is 1.32. The van der Waals surface area contributed by atoms with Crippen LogP contribution in [0.2, 0.25) is 0 Å². The molecular weight excluding hydrogens is 346 g/mol. The maximum absolute atomic E-state index is 12.0. The molecule has 0 aliphatic carbocycles. The predicted octanol–water partition coefficient (Wildman–Crippen LogP) is 3.47. The van der Waals surface area contributed by atoms with E-state index in [0.29, 0.717) is 12.5 Å². The van der Waals surface area contributed by atoms with Crippen molar-refractivity contribution in [2.45, 2.75) is 25.9 Å². The van der Waals surface area contributed by atoms with E-state index in [-0.39, 0.29) is 6.03 Å².